The molecular weight excluding hydrogens is 348 g/mol. The Balaban J connectivity index is 0.000000370. The van der Waals surface area contributed by atoms with Gasteiger partial charge in [-0.2, -0.15) is 0 Å². The lowest BCUT2D eigenvalue weighted by atomic mass is 9.83. The van der Waals surface area contributed by atoms with Crippen LogP contribution in [0.2, 0.25) is 0 Å². The molecule has 0 bridgehead atoms. The number of aliphatic hydroxyl groups is 1. The number of hydrogen-bond acceptors (Lipinski definition) is 3. The van der Waals surface area contributed by atoms with Gasteiger partial charge in [-0.3, -0.25) is 4.79 Å². The zero-order chi connectivity index (χ0) is 20.7. The van der Waals surface area contributed by atoms with Gasteiger partial charge in [-0.1, -0.05) is 93.4 Å². The quantitative estimate of drug-likeness (QED) is 0.297. The number of benzene rings is 2. The van der Waals surface area contributed by atoms with E-state index in [0.717, 1.165) is 13.2 Å². The molecule has 2 rings (SSSR count). The van der Waals surface area contributed by atoms with Gasteiger partial charge in [0.15, 0.2) is 11.4 Å². The molecule has 0 amide bonds. The highest BCUT2D eigenvalue weighted by Gasteiger charge is 2.36. The molecule has 3 nitrogen and oxygen atoms in total. The van der Waals surface area contributed by atoms with E-state index in [4.69, 9.17) is 4.74 Å². The number of unbranched alkanes of at least 4 members (excludes halogenated alkanes) is 2. The van der Waals surface area contributed by atoms with Gasteiger partial charge in [-0.15, -0.1) is 6.58 Å². The molecule has 1 N–H and O–H groups in total. The highest BCUT2D eigenvalue weighted by atomic mass is 16.5. The lowest BCUT2D eigenvalue weighted by molar-refractivity contribution is 0.0313. The van der Waals surface area contributed by atoms with E-state index in [2.05, 4.69) is 20.4 Å². The maximum Gasteiger partial charge on any atom is 0.199 e. The van der Waals surface area contributed by atoms with Crippen molar-refractivity contribution in [2.75, 3.05) is 13.2 Å². The van der Waals surface area contributed by atoms with Crippen molar-refractivity contribution in [2.45, 2.75) is 51.6 Å². The molecule has 0 fully saturated rings. The van der Waals surface area contributed by atoms with Gasteiger partial charge < -0.3 is 9.84 Å². The van der Waals surface area contributed by atoms with Crippen LogP contribution in [0.4, 0.5) is 0 Å². The summed E-state index contributed by atoms with van der Waals surface area (Å²) in [4.78, 5) is 12.6. The van der Waals surface area contributed by atoms with Crippen LogP contribution in [-0.2, 0) is 10.3 Å². The van der Waals surface area contributed by atoms with Crippen LogP contribution in [0.5, 0.6) is 0 Å². The molecule has 0 aliphatic rings. The summed E-state index contributed by atoms with van der Waals surface area (Å²) >= 11 is 0. The SMILES string of the molecule is C=CCC(O)(C(=O)c1ccccc1)c1ccccc1.CCCCOCCCC. The summed E-state index contributed by atoms with van der Waals surface area (Å²) in [6.45, 7) is 9.91. The third-order valence-corrected chi connectivity index (χ3v) is 4.39. The Bertz CT molecular complexity index is 661. The fraction of sp³-hybridized carbons (Fsp3) is 0.400. The van der Waals surface area contributed by atoms with E-state index in [-0.39, 0.29) is 12.2 Å². The van der Waals surface area contributed by atoms with Crippen LogP contribution in [0.25, 0.3) is 0 Å². The summed E-state index contributed by atoms with van der Waals surface area (Å²) in [6.07, 6.45) is 6.66. The first-order valence-electron chi connectivity index (χ1n) is 10.2. The summed E-state index contributed by atoms with van der Waals surface area (Å²) in [7, 11) is 0. The number of Topliss-reactive ketones (excluding diaryl/α,β-unsaturated/α-hetero) is 1. The molecule has 0 spiro atoms. The summed E-state index contributed by atoms with van der Waals surface area (Å²) in [5.74, 6) is -0.306. The van der Waals surface area contributed by atoms with Gasteiger partial charge in [0.2, 0.25) is 0 Å². The molecule has 1 unspecified atom stereocenters. The Morgan fingerprint density at radius 3 is 1.93 bits per heavy atom. The Morgan fingerprint density at radius 2 is 1.46 bits per heavy atom. The van der Waals surface area contributed by atoms with Crippen LogP contribution in [0.1, 0.15) is 61.9 Å². The molecule has 0 saturated heterocycles. The van der Waals surface area contributed by atoms with Gasteiger partial charge in [-0.25, -0.2) is 0 Å². The fourth-order valence-electron chi connectivity index (χ4n) is 2.69. The van der Waals surface area contributed by atoms with Crippen molar-refractivity contribution in [1.82, 2.24) is 0 Å². The van der Waals surface area contributed by atoms with E-state index >= 15 is 0 Å². The number of carbonyl (C=O) groups is 1. The minimum atomic E-state index is -1.55. The smallest absolute Gasteiger partial charge is 0.199 e. The number of rotatable bonds is 11. The number of carbonyl (C=O) groups excluding carboxylic acids is 1. The first-order chi connectivity index (χ1) is 13.6. The van der Waals surface area contributed by atoms with Crippen LogP contribution >= 0.6 is 0 Å². The van der Waals surface area contributed by atoms with Crippen LogP contribution in [-0.4, -0.2) is 24.1 Å². The van der Waals surface area contributed by atoms with Crippen LogP contribution in [0.15, 0.2) is 73.3 Å². The molecule has 28 heavy (non-hydrogen) atoms. The topological polar surface area (TPSA) is 46.5 Å². The summed E-state index contributed by atoms with van der Waals surface area (Å²) in [5.41, 5.74) is -0.468. The molecule has 0 heterocycles. The molecular formula is C25H34O3. The highest BCUT2D eigenvalue weighted by Crippen LogP contribution is 2.29. The molecule has 3 heteroatoms. The van der Waals surface area contributed by atoms with Crippen molar-refractivity contribution >= 4 is 5.78 Å². The van der Waals surface area contributed by atoms with Crippen LogP contribution < -0.4 is 0 Å². The Kier molecular flexibility index (Phi) is 11.8. The van der Waals surface area contributed by atoms with Crippen molar-refractivity contribution in [2.24, 2.45) is 0 Å². The lowest BCUT2D eigenvalue weighted by Crippen LogP contribution is -2.35. The standard InChI is InChI=1S/C17H16O2.C8H18O/c1-2-13-17(19,15-11-7-4-8-12-15)16(18)14-9-5-3-6-10-14;1-3-5-7-9-8-6-4-2/h2-12,19H,1,13H2;3-8H2,1-2H3. The second kappa shape index (κ2) is 13.9. The second-order valence-corrected chi connectivity index (χ2v) is 6.73. The van der Waals surface area contributed by atoms with Crippen molar-refractivity contribution < 1.29 is 14.6 Å². The van der Waals surface area contributed by atoms with Crippen LogP contribution in [0, 0.1) is 0 Å². The van der Waals surface area contributed by atoms with E-state index in [1.807, 2.05) is 24.3 Å². The maximum absolute atomic E-state index is 12.6. The van der Waals surface area contributed by atoms with Gasteiger partial charge in [0.1, 0.15) is 0 Å². The van der Waals surface area contributed by atoms with Gasteiger partial charge >= 0.3 is 0 Å². The molecule has 0 saturated carbocycles. The first-order valence-corrected chi connectivity index (χ1v) is 10.2. The Labute approximate surface area is 170 Å². The zero-order valence-electron chi connectivity index (χ0n) is 17.3. The summed E-state index contributed by atoms with van der Waals surface area (Å²) in [5, 5.41) is 10.8. The fourth-order valence-corrected chi connectivity index (χ4v) is 2.69. The highest BCUT2D eigenvalue weighted by molar-refractivity contribution is 6.02. The van der Waals surface area contributed by atoms with E-state index in [1.165, 1.54) is 25.7 Å². The van der Waals surface area contributed by atoms with Crippen molar-refractivity contribution in [3.8, 4) is 0 Å². The minimum absolute atomic E-state index is 0.185. The van der Waals surface area contributed by atoms with E-state index in [1.54, 1.807) is 42.5 Å². The Morgan fingerprint density at radius 1 is 0.964 bits per heavy atom. The molecule has 1 atom stereocenters. The monoisotopic (exact) mass is 382 g/mol. The molecule has 0 aromatic heterocycles. The van der Waals surface area contributed by atoms with E-state index < -0.39 is 5.60 Å². The second-order valence-electron chi connectivity index (χ2n) is 6.73. The van der Waals surface area contributed by atoms with E-state index in [9.17, 15) is 9.90 Å². The van der Waals surface area contributed by atoms with Crippen molar-refractivity contribution in [1.29, 1.82) is 0 Å². The van der Waals surface area contributed by atoms with Gasteiger partial charge in [0, 0.05) is 25.2 Å². The number of hydrogen-bond donors (Lipinski definition) is 1. The van der Waals surface area contributed by atoms with Gasteiger partial charge in [0.05, 0.1) is 0 Å². The summed E-state index contributed by atoms with van der Waals surface area (Å²) in [6, 6.07) is 17.8. The minimum Gasteiger partial charge on any atom is -0.381 e. The zero-order valence-corrected chi connectivity index (χ0v) is 17.3. The molecule has 2 aromatic carbocycles. The van der Waals surface area contributed by atoms with Crippen molar-refractivity contribution in [3.63, 3.8) is 0 Å². The normalized spacial score (nSPS) is 12.4. The lowest BCUT2D eigenvalue weighted by Gasteiger charge is -2.26. The first kappa shape index (κ1) is 23.8. The van der Waals surface area contributed by atoms with E-state index in [0.29, 0.717) is 11.1 Å². The van der Waals surface area contributed by atoms with Crippen LogP contribution in [0.3, 0.4) is 0 Å². The molecule has 2 aromatic rings. The maximum atomic E-state index is 12.6. The third-order valence-electron chi connectivity index (χ3n) is 4.39. The number of ketones is 1. The number of ether oxygens (including phenoxy) is 1. The summed E-state index contributed by atoms with van der Waals surface area (Å²) < 4.78 is 5.31. The average molecular weight is 383 g/mol. The molecule has 152 valence electrons. The Hall–Kier alpha value is -2.23. The molecule has 0 radical (unpaired) electrons. The van der Waals surface area contributed by atoms with Gasteiger partial charge in [0.25, 0.3) is 0 Å². The predicted molar refractivity (Wildman–Crippen MR) is 117 cm³/mol. The van der Waals surface area contributed by atoms with Crippen molar-refractivity contribution in [3.05, 3.63) is 84.4 Å². The van der Waals surface area contributed by atoms with Gasteiger partial charge in [-0.05, 0) is 18.4 Å². The largest absolute Gasteiger partial charge is 0.381 e. The predicted octanol–water partition coefficient (Wildman–Crippen LogP) is 5.94. The molecule has 0 aliphatic heterocycles. The average Bonchev–Trinajstić information content (AvgIpc) is 2.75. The third kappa shape index (κ3) is 7.79. The molecule has 0 aliphatic carbocycles.